The van der Waals surface area contributed by atoms with E-state index in [4.69, 9.17) is 9.47 Å². The molecule has 2 aromatic carbocycles. The number of nitrogens with zero attached hydrogens (tertiary/aromatic N) is 1. The maximum atomic E-state index is 12.3. The fourth-order valence-corrected chi connectivity index (χ4v) is 2.48. The first-order valence-electron chi connectivity index (χ1n) is 7.59. The van der Waals surface area contributed by atoms with Crippen molar-refractivity contribution < 1.29 is 14.3 Å². The number of H-pyrrole nitrogens is 1. The van der Waals surface area contributed by atoms with E-state index < -0.39 is 0 Å². The second kappa shape index (κ2) is 7.04. The van der Waals surface area contributed by atoms with Crippen LogP contribution < -0.4 is 20.3 Å². The van der Waals surface area contributed by atoms with Crippen LogP contribution >= 0.6 is 0 Å². The Bertz CT molecular complexity index is 981. The number of hydrogen-bond acceptors (Lipinski definition) is 5. The van der Waals surface area contributed by atoms with Crippen molar-refractivity contribution in [1.82, 2.24) is 15.3 Å². The van der Waals surface area contributed by atoms with E-state index in [1.54, 1.807) is 44.6 Å². The minimum absolute atomic E-state index is 0.234. The van der Waals surface area contributed by atoms with Crippen LogP contribution in [0.2, 0.25) is 0 Å². The Balaban J connectivity index is 1.75. The molecule has 0 spiro atoms. The molecule has 7 heteroatoms. The predicted molar refractivity (Wildman–Crippen MR) is 93.1 cm³/mol. The Labute approximate surface area is 143 Å². The van der Waals surface area contributed by atoms with Crippen LogP contribution in [0, 0.1) is 0 Å². The summed E-state index contributed by atoms with van der Waals surface area (Å²) < 4.78 is 10.4. The van der Waals surface area contributed by atoms with Gasteiger partial charge in [-0.25, -0.2) is 4.98 Å². The third kappa shape index (κ3) is 3.45. The van der Waals surface area contributed by atoms with Crippen molar-refractivity contribution in [2.45, 2.75) is 6.54 Å². The highest BCUT2D eigenvalue weighted by molar-refractivity contribution is 5.97. The van der Waals surface area contributed by atoms with Gasteiger partial charge in [0.25, 0.3) is 11.5 Å². The van der Waals surface area contributed by atoms with Gasteiger partial charge in [-0.3, -0.25) is 9.59 Å². The summed E-state index contributed by atoms with van der Waals surface area (Å²) in [6.45, 7) is 0.333. The number of fused-ring (bicyclic) bond motifs is 1. The van der Waals surface area contributed by atoms with Gasteiger partial charge in [-0.15, -0.1) is 0 Å². The second-order valence-electron chi connectivity index (χ2n) is 5.34. The van der Waals surface area contributed by atoms with E-state index in [9.17, 15) is 9.59 Å². The van der Waals surface area contributed by atoms with E-state index in [0.717, 1.165) is 5.56 Å². The average molecular weight is 339 g/mol. The van der Waals surface area contributed by atoms with E-state index in [1.165, 1.54) is 6.33 Å². The van der Waals surface area contributed by atoms with Gasteiger partial charge in [0.05, 0.1) is 31.4 Å². The Kier molecular flexibility index (Phi) is 4.65. The number of carbonyl (C=O) groups excluding carboxylic acids is 1. The third-order valence-electron chi connectivity index (χ3n) is 3.80. The molecule has 0 radical (unpaired) electrons. The molecule has 0 saturated carbocycles. The number of methoxy groups -OCH3 is 2. The zero-order valence-corrected chi connectivity index (χ0v) is 13.8. The van der Waals surface area contributed by atoms with Crippen LogP contribution in [0.5, 0.6) is 11.5 Å². The molecule has 0 unspecified atom stereocenters. The number of nitrogens with one attached hydrogen (secondary N) is 2. The number of aromatic nitrogens is 2. The highest BCUT2D eigenvalue weighted by Crippen LogP contribution is 2.27. The molecule has 2 N–H and O–H groups in total. The summed E-state index contributed by atoms with van der Waals surface area (Å²) in [5.41, 5.74) is 1.55. The summed E-state index contributed by atoms with van der Waals surface area (Å²) >= 11 is 0. The summed E-state index contributed by atoms with van der Waals surface area (Å²) in [6, 6.07) is 10.2. The summed E-state index contributed by atoms with van der Waals surface area (Å²) in [5, 5.41) is 3.28. The maximum Gasteiger partial charge on any atom is 0.258 e. The van der Waals surface area contributed by atoms with Crippen molar-refractivity contribution in [3.63, 3.8) is 0 Å². The second-order valence-corrected chi connectivity index (χ2v) is 5.34. The van der Waals surface area contributed by atoms with Gasteiger partial charge in [0.2, 0.25) is 0 Å². The number of ether oxygens (including phenoxy) is 2. The smallest absolute Gasteiger partial charge is 0.258 e. The number of rotatable bonds is 5. The molecule has 0 aliphatic carbocycles. The van der Waals surface area contributed by atoms with E-state index in [2.05, 4.69) is 15.3 Å². The van der Waals surface area contributed by atoms with Gasteiger partial charge in [-0.1, -0.05) is 6.07 Å². The first kappa shape index (κ1) is 16.5. The molecule has 128 valence electrons. The predicted octanol–water partition coefficient (Wildman–Crippen LogP) is 1.87. The van der Waals surface area contributed by atoms with Crippen LogP contribution in [-0.2, 0) is 6.54 Å². The lowest BCUT2D eigenvalue weighted by Crippen LogP contribution is -2.23. The molecule has 7 nitrogen and oxygen atoms in total. The number of amides is 1. The highest BCUT2D eigenvalue weighted by Gasteiger charge is 2.09. The maximum absolute atomic E-state index is 12.3. The summed E-state index contributed by atoms with van der Waals surface area (Å²) in [4.78, 5) is 30.6. The third-order valence-corrected chi connectivity index (χ3v) is 3.80. The summed E-state index contributed by atoms with van der Waals surface area (Å²) in [5.74, 6) is 0.977. The topological polar surface area (TPSA) is 93.3 Å². The normalized spacial score (nSPS) is 10.5. The van der Waals surface area contributed by atoms with Crippen molar-refractivity contribution in [2.75, 3.05) is 14.2 Å². The quantitative estimate of drug-likeness (QED) is 0.740. The molecule has 1 heterocycles. The molecule has 3 aromatic rings. The van der Waals surface area contributed by atoms with Crippen molar-refractivity contribution in [1.29, 1.82) is 0 Å². The number of benzene rings is 2. The molecule has 25 heavy (non-hydrogen) atoms. The van der Waals surface area contributed by atoms with Gasteiger partial charge in [0.15, 0.2) is 11.5 Å². The van der Waals surface area contributed by atoms with Gasteiger partial charge in [-0.05, 0) is 35.9 Å². The number of hydrogen-bond donors (Lipinski definition) is 2. The van der Waals surface area contributed by atoms with Gasteiger partial charge in [-0.2, -0.15) is 0 Å². The Morgan fingerprint density at radius 1 is 1.12 bits per heavy atom. The van der Waals surface area contributed by atoms with Gasteiger partial charge in [0, 0.05) is 12.1 Å². The van der Waals surface area contributed by atoms with E-state index >= 15 is 0 Å². The van der Waals surface area contributed by atoms with Crippen molar-refractivity contribution in [3.8, 4) is 11.5 Å². The molecule has 0 fully saturated rings. The van der Waals surface area contributed by atoms with Crippen LogP contribution in [0.15, 0.2) is 47.5 Å². The Morgan fingerprint density at radius 2 is 1.92 bits per heavy atom. The molecule has 0 aliphatic rings. The molecule has 3 rings (SSSR count). The van der Waals surface area contributed by atoms with Gasteiger partial charge in [0.1, 0.15) is 0 Å². The molecule has 1 amide bonds. The summed E-state index contributed by atoms with van der Waals surface area (Å²) in [6.07, 6.45) is 1.32. The Hall–Kier alpha value is -3.35. The fourth-order valence-electron chi connectivity index (χ4n) is 2.48. The standard InChI is InChI=1S/C18H17N3O4/c1-24-15-6-3-11(7-16(15)25-2)9-19-17(22)12-4-5-13-14(8-12)20-10-21-18(13)23/h3-8,10H,9H2,1-2H3,(H,19,22)(H,20,21,23). The molecule has 0 atom stereocenters. The van der Waals surface area contributed by atoms with Crippen LogP contribution in [0.25, 0.3) is 10.9 Å². The minimum Gasteiger partial charge on any atom is -0.493 e. The Morgan fingerprint density at radius 3 is 2.68 bits per heavy atom. The first-order valence-corrected chi connectivity index (χ1v) is 7.59. The molecular weight excluding hydrogens is 322 g/mol. The van der Waals surface area contributed by atoms with Gasteiger partial charge < -0.3 is 19.8 Å². The lowest BCUT2D eigenvalue weighted by Gasteiger charge is -2.10. The van der Waals surface area contributed by atoms with E-state index in [-0.39, 0.29) is 11.5 Å². The SMILES string of the molecule is COc1ccc(CNC(=O)c2ccc3c(=O)[nH]cnc3c2)cc1OC. The largest absolute Gasteiger partial charge is 0.493 e. The number of aromatic amines is 1. The zero-order chi connectivity index (χ0) is 17.8. The fraction of sp³-hybridized carbons (Fsp3) is 0.167. The van der Waals surface area contributed by atoms with Crippen molar-refractivity contribution >= 4 is 16.8 Å². The zero-order valence-electron chi connectivity index (χ0n) is 13.8. The lowest BCUT2D eigenvalue weighted by atomic mass is 10.1. The van der Waals surface area contributed by atoms with Crippen molar-refractivity contribution in [2.24, 2.45) is 0 Å². The van der Waals surface area contributed by atoms with Gasteiger partial charge >= 0.3 is 0 Å². The minimum atomic E-state index is -0.251. The highest BCUT2D eigenvalue weighted by atomic mass is 16.5. The molecular formula is C18H17N3O4. The lowest BCUT2D eigenvalue weighted by molar-refractivity contribution is 0.0951. The molecule has 0 saturated heterocycles. The number of carbonyl (C=O) groups is 1. The molecule has 1 aromatic heterocycles. The van der Waals surface area contributed by atoms with Crippen LogP contribution in [-0.4, -0.2) is 30.1 Å². The van der Waals surface area contributed by atoms with Crippen LogP contribution in [0.1, 0.15) is 15.9 Å². The molecule has 0 aliphatic heterocycles. The summed E-state index contributed by atoms with van der Waals surface area (Å²) in [7, 11) is 3.13. The van der Waals surface area contributed by atoms with Crippen LogP contribution in [0.4, 0.5) is 0 Å². The van der Waals surface area contributed by atoms with Crippen LogP contribution in [0.3, 0.4) is 0 Å². The monoisotopic (exact) mass is 339 g/mol. The first-order chi connectivity index (χ1) is 12.1. The van der Waals surface area contributed by atoms with E-state index in [1.807, 2.05) is 6.07 Å². The average Bonchev–Trinajstić information content (AvgIpc) is 2.65. The van der Waals surface area contributed by atoms with Crippen molar-refractivity contribution in [3.05, 3.63) is 64.2 Å². The molecule has 0 bridgehead atoms. The van der Waals surface area contributed by atoms with E-state index in [0.29, 0.717) is 34.5 Å².